The van der Waals surface area contributed by atoms with Crippen LogP contribution in [0.5, 0.6) is 0 Å². The van der Waals surface area contributed by atoms with E-state index < -0.39 is 24.4 Å². The molecule has 1 aliphatic heterocycles. The largest absolute Gasteiger partial charge is 0.455 e. The molecule has 146 valence electrons. The third kappa shape index (κ3) is 4.95. The molecule has 2 aromatic carbocycles. The molecule has 0 radical (unpaired) electrons. The van der Waals surface area contributed by atoms with E-state index in [9.17, 15) is 14.4 Å². The van der Waals surface area contributed by atoms with Crippen molar-refractivity contribution in [2.45, 2.75) is 6.42 Å². The highest BCUT2D eigenvalue weighted by Gasteiger charge is 2.36. The quantitative estimate of drug-likeness (QED) is 0.706. The summed E-state index contributed by atoms with van der Waals surface area (Å²) in [5.41, 5.74) is 0.971. The summed E-state index contributed by atoms with van der Waals surface area (Å²) in [5.74, 6) is -2.02. The van der Waals surface area contributed by atoms with Crippen molar-refractivity contribution >= 4 is 64.0 Å². The number of carbonyl (C=O) groups is 3. The van der Waals surface area contributed by atoms with Crippen LogP contribution < -0.4 is 10.2 Å². The average molecular weight is 442 g/mol. The van der Waals surface area contributed by atoms with Gasteiger partial charge in [-0.25, -0.2) is 0 Å². The molecule has 1 atom stereocenters. The lowest BCUT2D eigenvalue weighted by molar-refractivity contribution is -0.151. The van der Waals surface area contributed by atoms with Gasteiger partial charge in [0, 0.05) is 28.7 Å². The minimum atomic E-state index is -0.647. The van der Waals surface area contributed by atoms with Crippen LogP contribution in [0.4, 0.5) is 11.4 Å². The normalized spacial score (nSPS) is 16.2. The number of nitrogens with zero attached hydrogens (tertiary/aromatic N) is 1. The van der Waals surface area contributed by atoms with Gasteiger partial charge in [-0.15, -0.1) is 0 Å². The molecule has 1 N–H and O–H groups in total. The Labute approximate surface area is 176 Å². The summed E-state index contributed by atoms with van der Waals surface area (Å²) in [6.45, 7) is -0.311. The molecule has 1 fully saturated rings. The van der Waals surface area contributed by atoms with E-state index in [-0.39, 0.29) is 18.9 Å². The van der Waals surface area contributed by atoms with E-state index in [4.69, 9.17) is 39.5 Å². The van der Waals surface area contributed by atoms with E-state index in [1.807, 2.05) is 0 Å². The van der Waals surface area contributed by atoms with Crippen LogP contribution in [0.3, 0.4) is 0 Å². The fourth-order valence-corrected chi connectivity index (χ4v) is 3.23. The second-order valence-corrected chi connectivity index (χ2v) is 7.44. The van der Waals surface area contributed by atoms with Gasteiger partial charge in [-0.05, 0) is 42.5 Å². The molecule has 6 nitrogen and oxygen atoms in total. The smallest absolute Gasteiger partial charge is 0.311 e. The van der Waals surface area contributed by atoms with Crippen LogP contribution in [0.15, 0.2) is 42.5 Å². The topological polar surface area (TPSA) is 75.7 Å². The first-order valence-corrected chi connectivity index (χ1v) is 9.44. The fraction of sp³-hybridized carbons (Fsp3) is 0.211. The van der Waals surface area contributed by atoms with Crippen LogP contribution in [-0.2, 0) is 19.1 Å². The Morgan fingerprint density at radius 2 is 1.75 bits per heavy atom. The number of halogens is 3. The zero-order valence-corrected chi connectivity index (χ0v) is 16.7. The molecule has 0 aromatic heterocycles. The van der Waals surface area contributed by atoms with Crippen LogP contribution in [-0.4, -0.2) is 30.9 Å². The zero-order valence-electron chi connectivity index (χ0n) is 14.5. The first kappa shape index (κ1) is 20.5. The highest BCUT2D eigenvalue weighted by atomic mass is 35.5. The number of hydrogen-bond donors (Lipinski definition) is 1. The maximum absolute atomic E-state index is 12.3. The Bertz CT molecular complexity index is 918. The first-order chi connectivity index (χ1) is 13.3. The van der Waals surface area contributed by atoms with Crippen molar-refractivity contribution in [3.05, 3.63) is 57.5 Å². The average Bonchev–Trinajstić information content (AvgIpc) is 3.05. The maximum atomic E-state index is 12.3. The third-order valence-electron chi connectivity index (χ3n) is 4.14. The SMILES string of the molecule is O=C(COC(=O)[C@@H]1CC(=O)N(c2ccc(Cl)cc2)C1)Nc1cc(Cl)ccc1Cl. The summed E-state index contributed by atoms with van der Waals surface area (Å²) >= 11 is 17.7. The minimum Gasteiger partial charge on any atom is -0.455 e. The molecular formula is C19H15Cl3N2O4. The molecule has 28 heavy (non-hydrogen) atoms. The van der Waals surface area contributed by atoms with Gasteiger partial charge >= 0.3 is 5.97 Å². The summed E-state index contributed by atoms with van der Waals surface area (Å²) in [4.78, 5) is 37.9. The van der Waals surface area contributed by atoms with E-state index in [2.05, 4.69) is 5.32 Å². The molecule has 0 spiro atoms. The molecule has 1 saturated heterocycles. The number of ether oxygens (including phenoxy) is 1. The molecule has 1 heterocycles. The molecular weight excluding hydrogens is 427 g/mol. The number of nitrogens with one attached hydrogen (secondary N) is 1. The van der Waals surface area contributed by atoms with Gasteiger partial charge in [0.1, 0.15) is 0 Å². The van der Waals surface area contributed by atoms with Gasteiger partial charge in [-0.2, -0.15) is 0 Å². The summed E-state index contributed by atoms with van der Waals surface area (Å²) in [6, 6.07) is 11.4. The second kappa shape index (κ2) is 8.82. The summed E-state index contributed by atoms with van der Waals surface area (Å²) in [7, 11) is 0. The summed E-state index contributed by atoms with van der Waals surface area (Å²) < 4.78 is 5.05. The van der Waals surface area contributed by atoms with Crippen molar-refractivity contribution in [3.8, 4) is 0 Å². The molecule has 0 unspecified atom stereocenters. The number of anilines is 2. The van der Waals surface area contributed by atoms with E-state index >= 15 is 0 Å². The lowest BCUT2D eigenvalue weighted by Crippen LogP contribution is -2.28. The number of rotatable bonds is 5. The van der Waals surface area contributed by atoms with Crippen molar-refractivity contribution in [1.82, 2.24) is 0 Å². The number of benzene rings is 2. The number of hydrogen-bond acceptors (Lipinski definition) is 4. The zero-order chi connectivity index (χ0) is 20.3. The van der Waals surface area contributed by atoms with Crippen molar-refractivity contribution in [3.63, 3.8) is 0 Å². The molecule has 9 heteroatoms. The Balaban J connectivity index is 1.53. The van der Waals surface area contributed by atoms with Crippen LogP contribution in [0.25, 0.3) is 0 Å². The molecule has 2 aromatic rings. The van der Waals surface area contributed by atoms with Crippen molar-refractivity contribution in [1.29, 1.82) is 0 Å². The van der Waals surface area contributed by atoms with Crippen LogP contribution >= 0.6 is 34.8 Å². The molecule has 0 aliphatic carbocycles. The second-order valence-electron chi connectivity index (χ2n) is 6.16. The van der Waals surface area contributed by atoms with Crippen LogP contribution in [0, 0.1) is 5.92 Å². The van der Waals surface area contributed by atoms with Gasteiger partial charge in [0.05, 0.1) is 16.6 Å². The van der Waals surface area contributed by atoms with Crippen molar-refractivity contribution in [2.24, 2.45) is 5.92 Å². The van der Waals surface area contributed by atoms with Gasteiger partial charge in [0.25, 0.3) is 5.91 Å². The highest BCUT2D eigenvalue weighted by molar-refractivity contribution is 6.35. The van der Waals surface area contributed by atoms with Crippen LogP contribution in [0.1, 0.15) is 6.42 Å². The Kier molecular flexibility index (Phi) is 6.44. The number of amides is 2. The first-order valence-electron chi connectivity index (χ1n) is 8.31. The van der Waals surface area contributed by atoms with Gasteiger partial charge < -0.3 is 15.0 Å². The van der Waals surface area contributed by atoms with E-state index in [1.165, 1.54) is 11.0 Å². The monoisotopic (exact) mass is 440 g/mol. The molecule has 2 amide bonds. The lowest BCUT2D eigenvalue weighted by atomic mass is 10.1. The van der Waals surface area contributed by atoms with E-state index in [1.54, 1.807) is 36.4 Å². The van der Waals surface area contributed by atoms with Crippen LogP contribution in [0.2, 0.25) is 15.1 Å². The predicted octanol–water partition coefficient (Wildman–Crippen LogP) is 4.18. The highest BCUT2D eigenvalue weighted by Crippen LogP contribution is 2.27. The van der Waals surface area contributed by atoms with Gasteiger partial charge in [0.2, 0.25) is 5.91 Å². The summed E-state index contributed by atoms with van der Waals surface area (Å²) in [6.07, 6.45) is 0.0171. The van der Waals surface area contributed by atoms with Crippen molar-refractivity contribution in [2.75, 3.05) is 23.4 Å². The molecule has 0 bridgehead atoms. The molecule has 1 aliphatic rings. The van der Waals surface area contributed by atoms with Gasteiger partial charge in [-0.1, -0.05) is 34.8 Å². The van der Waals surface area contributed by atoms with Gasteiger partial charge in [0.15, 0.2) is 6.61 Å². The lowest BCUT2D eigenvalue weighted by Gasteiger charge is -2.16. The molecule has 0 saturated carbocycles. The summed E-state index contributed by atoms with van der Waals surface area (Å²) in [5, 5.41) is 3.79. The number of carbonyl (C=O) groups excluding carboxylic acids is 3. The van der Waals surface area contributed by atoms with Crippen molar-refractivity contribution < 1.29 is 19.1 Å². The molecule has 3 rings (SSSR count). The number of esters is 1. The minimum absolute atomic E-state index is 0.0171. The third-order valence-corrected chi connectivity index (χ3v) is 4.96. The van der Waals surface area contributed by atoms with E-state index in [0.717, 1.165) is 0 Å². The Morgan fingerprint density at radius 3 is 2.46 bits per heavy atom. The predicted molar refractivity (Wildman–Crippen MR) is 108 cm³/mol. The standard InChI is InChI=1S/C19H15Cl3N2O4/c20-12-1-4-14(5-2-12)24-9-11(7-18(24)26)19(27)28-10-17(25)23-16-8-13(21)3-6-15(16)22/h1-6,8,11H,7,9-10H2,(H,23,25)/t11-/m1/s1. The fourth-order valence-electron chi connectivity index (χ4n) is 2.77. The van der Waals surface area contributed by atoms with E-state index in [0.29, 0.717) is 26.4 Å². The Morgan fingerprint density at radius 1 is 1.07 bits per heavy atom. The maximum Gasteiger partial charge on any atom is 0.311 e. The Hall–Kier alpha value is -2.28. The van der Waals surface area contributed by atoms with Gasteiger partial charge in [-0.3, -0.25) is 14.4 Å².